The van der Waals surface area contributed by atoms with Crippen LogP contribution in [0.15, 0.2) is 66.3 Å². The van der Waals surface area contributed by atoms with Gasteiger partial charge < -0.3 is 15.0 Å². The van der Waals surface area contributed by atoms with E-state index in [4.69, 9.17) is 4.74 Å². The fourth-order valence-corrected chi connectivity index (χ4v) is 4.29. The van der Waals surface area contributed by atoms with Crippen molar-refractivity contribution in [1.82, 2.24) is 14.8 Å². The van der Waals surface area contributed by atoms with E-state index in [1.165, 1.54) is 11.8 Å². The molecule has 3 rings (SSSR count). The third-order valence-electron chi connectivity index (χ3n) is 5.29. The molecule has 0 spiro atoms. The quantitative estimate of drug-likeness (QED) is 0.218. The monoisotopic (exact) mass is 493 g/mol. The molecule has 0 unspecified atom stereocenters. The van der Waals surface area contributed by atoms with E-state index in [2.05, 4.69) is 53.0 Å². The zero-order valence-electron chi connectivity index (χ0n) is 20.4. The molecule has 9 heteroatoms. The summed E-state index contributed by atoms with van der Waals surface area (Å²) in [7, 11) is 0. The number of carbonyl (C=O) groups excluding carboxylic acids is 2. The molecule has 1 aromatic heterocycles. The predicted molar refractivity (Wildman–Crippen MR) is 141 cm³/mol. The van der Waals surface area contributed by atoms with Gasteiger partial charge in [-0.15, -0.1) is 16.8 Å². The standard InChI is InChI=1S/C26H31N5O3S/c1-5-17-31-24(19-11-15-22(16-12-19)30(6-2)7-3)28-29-26(31)35-18-23(32)27-21-13-9-20(10-14-21)25(33)34-8-4/h5,9-16H,1,6-8,17-18H2,2-4H3,(H,27,32). The Kier molecular flexibility index (Phi) is 9.48. The van der Waals surface area contributed by atoms with Crippen molar-refractivity contribution >= 4 is 35.0 Å². The van der Waals surface area contributed by atoms with Crippen molar-refractivity contribution in [3.05, 3.63) is 66.7 Å². The average Bonchev–Trinajstić information content (AvgIpc) is 3.27. The molecule has 0 aliphatic rings. The van der Waals surface area contributed by atoms with Crippen molar-refractivity contribution in [3.8, 4) is 11.4 Å². The summed E-state index contributed by atoms with van der Waals surface area (Å²) in [6.45, 7) is 12.6. The number of ether oxygens (including phenoxy) is 1. The Morgan fingerprint density at radius 3 is 2.34 bits per heavy atom. The first-order chi connectivity index (χ1) is 17.0. The molecule has 0 atom stereocenters. The van der Waals surface area contributed by atoms with Crippen LogP contribution in [0.5, 0.6) is 0 Å². The summed E-state index contributed by atoms with van der Waals surface area (Å²) in [6.07, 6.45) is 1.78. The molecular weight excluding hydrogens is 462 g/mol. The first-order valence-corrected chi connectivity index (χ1v) is 12.6. The Morgan fingerprint density at radius 1 is 1.06 bits per heavy atom. The Labute approximate surface area is 210 Å². The van der Waals surface area contributed by atoms with Gasteiger partial charge in [0.1, 0.15) is 0 Å². The maximum atomic E-state index is 12.5. The van der Waals surface area contributed by atoms with Crippen molar-refractivity contribution in [3.63, 3.8) is 0 Å². The second-order valence-corrected chi connectivity index (χ2v) is 8.50. The smallest absolute Gasteiger partial charge is 0.338 e. The van der Waals surface area contributed by atoms with Crippen LogP contribution in [0, 0.1) is 0 Å². The number of nitrogens with zero attached hydrogens (tertiary/aromatic N) is 4. The normalized spacial score (nSPS) is 10.6. The average molecular weight is 494 g/mol. The number of thioether (sulfide) groups is 1. The summed E-state index contributed by atoms with van der Waals surface area (Å²) >= 11 is 1.31. The lowest BCUT2D eigenvalue weighted by Gasteiger charge is -2.21. The van der Waals surface area contributed by atoms with Gasteiger partial charge in [0.2, 0.25) is 5.91 Å². The van der Waals surface area contributed by atoms with Gasteiger partial charge in [0.15, 0.2) is 11.0 Å². The molecule has 35 heavy (non-hydrogen) atoms. The number of allylic oxidation sites excluding steroid dienone is 1. The zero-order chi connectivity index (χ0) is 25.2. The van der Waals surface area contributed by atoms with E-state index in [0.717, 1.165) is 30.2 Å². The summed E-state index contributed by atoms with van der Waals surface area (Å²) in [6, 6.07) is 14.9. The van der Waals surface area contributed by atoms with Crippen molar-refractivity contribution in [1.29, 1.82) is 0 Å². The second kappa shape index (κ2) is 12.8. The Morgan fingerprint density at radius 2 is 1.74 bits per heavy atom. The highest BCUT2D eigenvalue weighted by Crippen LogP contribution is 2.26. The molecule has 0 bridgehead atoms. The summed E-state index contributed by atoms with van der Waals surface area (Å²) in [4.78, 5) is 26.5. The van der Waals surface area contributed by atoms with Crippen LogP contribution in [0.3, 0.4) is 0 Å². The number of hydrogen-bond donors (Lipinski definition) is 1. The number of carbonyl (C=O) groups is 2. The first kappa shape index (κ1) is 26.0. The molecular formula is C26H31N5O3S. The number of aromatic nitrogens is 3. The number of esters is 1. The molecule has 184 valence electrons. The van der Waals surface area contributed by atoms with Crippen LogP contribution in [0.4, 0.5) is 11.4 Å². The van der Waals surface area contributed by atoms with E-state index in [-0.39, 0.29) is 17.6 Å². The molecule has 0 radical (unpaired) electrons. The van der Waals surface area contributed by atoms with Crippen LogP contribution in [0.1, 0.15) is 31.1 Å². The second-order valence-electron chi connectivity index (χ2n) is 7.56. The SMILES string of the molecule is C=CCn1c(SCC(=O)Nc2ccc(C(=O)OCC)cc2)nnc1-c1ccc(N(CC)CC)cc1. The van der Waals surface area contributed by atoms with Gasteiger partial charge in [0.05, 0.1) is 17.9 Å². The van der Waals surface area contributed by atoms with Crippen LogP contribution in [0.25, 0.3) is 11.4 Å². The van der Waals surface area contributed by atoms with Gasteiger partial charge in [0.25, 0.3) is 0 Å². The third-order valence-corrected chi connectivity index (χ3v) is 6.26. The highest BCUT2D eigenvalue weighted by Gasteiger charge is 2.16. The molecule has 8 nitrogen and oxygen atoms in total. The van der Waals surface area contributed by atoms with Crippen LogP contribution < -0.4 is 10.2 Å². The van der Waals surface area contributed by atoms with E-state index in [9.17, 15) is 9.59 Å². The number of rotatable bonds is 12. The molecule has 3 aromatic rings. The number of anilines is 2. The van der Waals surface area contributed by atoms with Crippen LogP contribution >= 0.6 is 11.8 Å². The molecule has 0 aliphatic heterocycles. The van der Waals surface area contributed by atoms with Gasteiger partial charge in [0, 0.05) is 36.6 Å². The highest BCUT2D eigenvalue weighted by atomic mass is 32.2. The van der Waals surface area contributed by atoms with Gasteiger partial charge in [-0.1, -0.05) is 17.8 Å². The lowest BCUT2D eigenvalue weighted by Crippen LogP contribution is -2.21. The van der Waals surface area contributed by atoms with Crippen molar-refractivity contribution in [2.24, 2.45) is 0 Å². The van der Waals surface area contributed by atoms with Crippen molar-refractivity contribution < 1.29 is 14.3 Å². The Balaban J connectivity index is 1.66. The topological polar surface area (TPSA) is 89.3 Å². The summed E-state index contributed by atoms with van der Waals surface area (Å²) < 4.78 is 6.92. The van der Waals surface area contributed by atoms with Crippen LogP contribution in [-0.4, -0.2) is 52.1 Å². The zero-order valence-corrected chi connectivity index (χ0v) is 21.2. The van der Waals surface area contributed by atoms with E-state index in [1.54, 1.807) is 37.3 Å². The van der Waals surface area contributed by atoms with Crippen LogP contribution in [0.2, 0.25) is 0 Å². The summed E-state index contributed by atoms with van der Waals surface area (Å²) in [5, 5.41) is 12.2. The lowest BCUT2D eigenvalue weighted by atomic mass is 10.2. The molecule has 0 fully saturated rings. The predicted octanol–water partition coefficient (Wildman–Crippen LogP) is 4.88. The molecule has 0 saturated carbocycles. The van der Waals surface area contributed by atoms with Crippen LogP contribution in [-0.2, 0) is 16.1 Å². The van der Waals surface area contributed by atoms with E-state index in [0.29, 0.717) is 29.6 Å². The molecule has 0 saturated heterocycles. The number of hydrogen-bond acceptors (Lipinski definition) is 7. The van der Waals surface area contributed by atoms with E-state index < -0.39 is 0 Å². The van der Waals surface area contributed by atoms with Gasteiger partial charge in [-0.3, -0.25) is 9.36 Å². The van der Waals surface area contributed by atoms with Gasteiger partial charge in [-0.2, -0.15) is 0 Å². The highest BCUT2D eigenvalue weighted by molar-refractivity contribution is 7.99. The van der Waals surface area contributed by atoms with E-state index in [1.807, 2.05) is 16.7 Å². The minimum Gasteiger partial charge on any atom is -0.462 e. The Hall–Kier alpha value is -3.59. The molecule has 1 heterocycles. The maximum absolute atomic E-state index is 12.5. The number of benzene rings is 2. The lowest BCUT2D eigenvalue weighted by molar-refractivity contribution is -0.113. The fraction of sp³-hybridized carbons (Fsp3) is 0.308. The minimum atomic E-state index is -0.388. The Bertz CT molecular complexity index is 1140. The number of amides is 1. The summed E-state index contributed by atoms with van der Waals surface area (Å²) in [5.41, 5.74) is 3.16. The molecule has 2 aromatic carbocycles. The summed E-state index contributed by atoms with van der Waals surface area (Å²) in [5.74, 6) is 0.321. The fourth-order valence-electron chi connectivity index (χ4n) is 3.54. The minimum absolute atomic E-state index is 0.163. The third kappa shape index (κ3) is 6.73. The van der Waals surface area contributed by atoms with Gasteiger partial charge >= 0.3 is 5.97 Å². The molecule has 1 N–H and O–H groups in total. The molecule has 1 amide bonds. The van der Waals surface area contributed by atoms with Crippen molar-refractivity contribution in [2.45, 2.75) is 32.5 Å². The van der Waals surface area contributed by atoms with E-state index >= 15 is 0 Å². The maximum Gasteiger partial charge on any atom is 0.338 e. The first-order valence-electron chi connectivity index (χ1n) is 11.6. The van der Waals surface area contributed by atoms with Gasteiger partial charge in [-0.05, 0) is 69.3 Å². The van der Waals surface area contributed by atoms with Gasteiger partial charge in [-0.25, -0.2) is 4.79 Å². The number of nitrogens with one attached hydrogen (secondary N) is 1. The molecule has 0 aliphatic carbocycles. The largest absolute Gasteiger partial charge is 0.462 e. The van der Waals surface area contributed by atoms with Crippen molar-refractivity contribution in [2.75, 3.05) is 35.7 Å².